The summed E-state index contributed by atoms with van der Waals surface area (Å²) in [5, 5.41) is 0. The van der Waals surface area contributed by atoms with Crippen molar-refractivity contribution >= 4 is 5.91 Å². The van der Waals surface area contributed by atoms with Crippen molar-refractivity contribution in [3.8, 4) is 0 Å². The first kappa shape index (κ1) is 17.7. The van der Waals surface area contributed by atoms with E-state index in [1.807, 2.05) is 29.2 Å². The van der Waals surface area contributed by atoms with Crippen LogP contribution < -0.4 is 5.73 Å². The van der Waals surface area contributed by atoms with E-state index in [1.165, 1.54) is 12.8 Å². The zero-order valence-electron chi connectivity index (χ0n) is 13.8. The SMILES string of the molecule is CCCCCN(C(=O)c1ccc(CN)cc1)C(C)CCC. The number of hydrogen-bond acceptors (Lipinski definition) is 2. The molecule has 0 bridgehead atoms. The maximum Gasteiger partial charge on any atom is 0.254 e. The fourth-order valence-electron chi connectivity index (χ4n) is 2.58. The molecule has 3 heteroatoms. The molecule has 1 rings (SSSR count). The van der Waals surface area contributed by atoms with Gasteiger partial charge in [0, 0.05) is 24.7 Å². The molecule has 0 fully saturated rings. The van der Waals surface area contributed by atoms with E-state index < -0.39 is 0 Å². The Bertz CT molecular complexity index is 414. The van der Waals surface area contributed by atoms with Crippen molar-refractivity contribution in [1.29, 1.82) is 0 Å². The van der Waals surface area contributed by atoms with Gasteiger partial charge in [0.1, 0.15) is 0 Å². The van der Waals surface area contributed by atoms with Crippen molar-refractivity contribution in [2.24, 2.45) is 5.73 Å². The Balaban J connectivity index is 2.80. The summed E-state index contributed by atoms with van der Waals surface area (Å²) in [6.45, 7) is 7.88. The minimum Gasteiger partial charge on any atom is -0.336 e. The van der Waals surface area contributed by atoms with Crippen molar-refractivity contribution in [3.05, 3.63) is 35.4 Å². The van der Waals surface area contributed by atoms with Gasteiger partial charge in [-0.1, -0.05) is 45.2 Å². The Hall–Kier alpha value is -1.35. The van der Waals surface area contributed by atoms with Crippen LogP contribution in [0.25, 0.3) is 0 Å². The average molecular weight is 290 g/mol. The lowest BCUT2D eigenvalue weighted by Crippen LogP contribution is -2.39. The lowest BCUT2D eigenvalue weighted by atomic mass is 10.1. The van der Waals surface area contributed by atoms with Gasteiger partial charge in [-0.05, 0) is 37.5 Å². The van der Waals surface area contributed by atoms with Crippen LogP contribution in [0.2, 0.25) is 0 Å². The zero-order valence-corrected chi connectivity index (χ0v) is 13.8. The van der Waals surface area contributed by atoms with Gasteiger partial charge in [0.15, 0.2) is 0 Å². The van der Waals surface area contributed by atoms with Crippen LogP contribution in [0.5, 0.6) is 0 Å². The molecule has 2 N–H and O–H groups in total. The van der Waals surface area contributed by atoms with Crippen molar-refractivity contribution in [3.63, 3.8) is 0 Å². The van der Waals surface area contributed by atoms with E-state index >= 15 is 0 Å². The Morgan fingerprint density at radius 3 is 2.33 bits per heavy atom. The van der Waals surface area contributed by atoms with E-state index in [9.17, 15) is 4.79 Å². The summed E-state index contributed by atoms with van der Waals surface area (Å²) < 4.78 is 0. The molecule has 0 saturated heterocycles. The first-order chi connectivity index (χ1) is 10.1. The van der Waals surface area contributed by atoms with Gasteiger partial charge in [-0.25, -0.2) is 0 Å². The number of carbonyl (C=O) groups excluding carboxylic acids is 1. The van der Waals surface area contributed by atoms with Crippen LogP contribution in [-0.2, 0) is 6.54 Å². The summed E-state index contributed by atoms with van der Waals surface area (Å²) >= 11 is 0. The van der Waals surface area contributed by atoms with Crippen LogP contribution >= 0.6 is 0 Å². The van der Waals surface area contributed by atoms with E-state index in [0.717, 1.165) is 36.9 Å². The average Bonchev–Trinajstić information content (AvgIpc) is 2.51. The minimum atomic E-state index is 0.149. The van der Waals surface area contributed by atoms with Crippen LogP contribution in [0, 0.1) is 0 Å². The molecule has 0 radical (unpaired) electrons. The predicted octanol–water partition coefficient (Wildman–Crippen LogP) is 3.97. The van der Waals surface area contributed by atoms with E-state index in [1.54, 1.807) is 0 Å². The fourth-order valence-corrected chi connectivity index (χ4v) is 2.58. The summed E-state index contributed by atoms with van der Waals surface area (Å²) in [5.74, 6) is 0.149. The number of amides is 1. The molecule has 21 heavy (non-hydrogen) atoms. The summed E-state index contributed by atoms with van der Waals surface area (Å²) in [4.78, 5) is 14.8. The van der Waals surface area contributed by atoms with Gasteiger partial charge >= 0.3 is 0 Å². The molecule has 1 aromatic rings. The van der Waals surface area contributed by atoms with Gasteiger partial charge in [-0.3, -0.25) is 4.79 Å². The van der Waals surface area contributed by atoms with Crippen molar-refractivity contribution in [2.75, 3.05) is 6.54 Å². The van der Waals surface area contributed by atoms with Gasteiger partial charge in [-0.2, -0.15) is 0 Å². The van der Waals surface area contributed by atoms with E-state index in [2.05, 4.69) is 20.8 Å². The lowest BCUT2D eigenvalue weighted by molar-refractivity contribution is 0.0679. The molecule has 1 amide bonds. The third-order valence-corrected chi connectivity index (χ3v) is 3.94. The number of hydrogen-bond donors (Lipinski definition) is 1. The number of nitrogens with zero attached hydrogens (tertiary/aromatic N) is 1. The highest BCUT2D eigenvalue weighted by Gasteiger charge is 2.20. The minimum absolute atomic E-state index is 0.149. The third kappa shape index (κ3) is 5.50. The molecule has 1 atom stereocenters. The predicted molar refractivity (Wildman–Crippen MR) is 89.3 cm³/mol. The van der Waals surface area contributed by atoms with Crippen LogP contribution in [0.1, 0.15) is 68.8 Å². The molecule has 0 aliphatic heterocycles. The van der Waals surface area contributed by atoms with E-state index in [4.69, 9.17) is 5.73 Å². The molecule has 0 saturated carbocycles. The highest BCUT2D eigenvalue weighted by Crippen LogP contribution is 2.14. The highest BCUT2D eigenvalue weighted by molar-refractivity contribution is 5.94. The summed E-state index contributed by atoms with van der Waals surface area (Å²) in [7, 11) is 0. The Labute approximate surface area is 129 Å². The van der Waals surface area contributed by atoms with Crippen LogP contribution in [0.15, 0.2) is 24.3 Å². The van der Waals surface area contributed by atoms with Gasteiger partial charge in [0.05, 0.1) is 0 Å². The van der Waals surface area contributed by atoms with Crippen molar-refractivity contribution in [2.45, 2.75) is 65.5 Å². The molecule has 0 aromatic heterocycles. The Kier molecular flexibility index (Phi) is 8.06. The highest BCUT2D eigenvalue weighted by atomic mass is 16.2. The monoisotopic (exact) mass is 290 g/mol. The lowest BCUT2D eigenvalue weighted by Gasteiger charge is -2.29. The molecule has 0 aliphatic carbocycles. The molecule has 0 heterocycles. The second-order valence-electron chi connectivity index (χ2n) is 5.74. The zero-order chi connectivity index (χ0) is 15.7. The summed E-state index contributed by atoms with van der Waals surface area (Å²) in [6, 6.07) is 7.99. The number of nitrogens with two attached hydrogens (primary N) is 1. The molecular weight excluding hydrogens is 260 g/mol. The second-order valence-corrected chi connectivity index (χ2v) is 5.74. The molecule has 1 aromatic carbocycles. The largest absolute Gasteiger partial charge is 0.336 e. The van der Waals surface area contributed by atoms with Crippen LogP contribution in [-0.4, -0.2) is 23.4 Å². The van der Waals surface area contributed by atoms with Crippen molar-refractivity contribution < 1.29 is 4.79 Å². The number of benzene rings is 1. The van der Waals surface area contributed by atoms with Gasteiger partial charge in [0.25, 0.3) is 5.91 Å². The smallest absolute Gasteiger partial charge is 0.254 e. The topological polar surface area (TPSA) is 46.3 Å². The summed E-state index contributed by atoms with van der Waals surface area (Å²) in [5.41, 5.74) is 7.44. The molecule has 0 aliphatic rings. The first-order valence-electron chi connectivity index (χ1n) is 8.24. The standard InChI is InChI=1S/C18H30N2O/c1-4-6-7-13-20(15(3)8-5-2)18(21)17-11-9-16(14-19)10-12-17/h9-12,15H,4-8,13-14,19H2,1-3H3. The maximum absolute atomic E-state index is 12.7. The number of unbranched alkanes of at least 4 members (excludes halogenated alkanes) is 2. The molecular formula is C18H30N2O. The molecule has 1 unspecified atom stereocenters. The normalized spacial score (nSPS) is 12.2. The summed E-state index contributed by atoms with van der Waals surface area (Å²) in [6.07, 6.45) is 5.59. The number of rotatable bonds is 9. The molecule has 0 spiro atoms. The first-order valence-corrected chi connectivity index (χ1v) is 8.24. The maximum atomic E-state index is 12.7. The van der Waals surface area contributed by atoms with Gasteiger partial charge in [0.2, 0.25) is 0 Å². The van der Waals surface area contributed by atoms with Crippen LogP contribution in [0.3, 0.4) is 0 Å². The van der Waals surface area contributed by atoms with E-state index in [0.29, 0.717) is 12.6 Å². The molecule has 118 valence electrons. The fraction of sp³-hybridized carbons (Fsp3) is 0.611. The molecule has 3 nitrogen and oxygen atoms in total. The number of carbonyl (C=O) groups is 1. The quantitative estimate of drug-likeness (QED) is 0.700. The third-order valence-electron chi connectivity index (χ3n) is 3.94. The Morgan fingerprint density at radius 1 is 1.14 bits per heavy atom. The Morgan fingerprint density at radius 2 is 1.81 bits per heavy atom. The second kappa shape index (κ2) is 9.56. The van der Waals surface area contributed by atoms with Gasteiger partial charge < -0.3 is 10.6 Å². The van der Waals surface area contributed by atoms with Crippen molar-refractivity contribution in [1.82, 2.24) is 4.90 Å². The van der Waals surface area contributed by atoms with E-state index in [-0.39, 0.29) is 5.91 Å². The van der Waals surface area contributed by atoms with Crippen LogP contribution in [0.4, 0.5) is 0 Å². The van der Waals surface area contributed by atoms with Gasteiger partial charge in [-0.15, -0.1) is 0 Å².